The number of hydrogen-bond acceptors (Lipinski definition) is 6. The van der Waals surface area contributed by atoms with Gasteiger partial charge in [-0.05, 0) is 116 Å². The monoisotopic (exact) mass is 979 g/mol. The number of hydrogen-bond donors (Lipinski definition) is 0. The van der Waals surface area contributed by atoms with E-state index < -0.39 is 6.10 Å². The van der Waals surface area contributed by atoms with Crippen LogP contribution in [0.3, 0.4) is 0 Å². The smallest absolute Gasteiger partial charge is 0.306 e. The van der Waals surface area contributed by atoms with Gasteiger partial charge in [0.25, 0.3) is 0 Å². The Kier molecular flexibility index (Phi) is 54.0. The SMILES string of the molecule is CC/C=C\C/C=C\C/C=C\C/C=C\C/C=C\C/C=C\C/C=C\CCCCCC(=O)OCC(COC(=O)CCCCCCCCCCCCC)OC(=O)CCC/C=C\C/C=C\C/C=C\C/C=C\C/C=C\CC. The van der Waals surface area contributed by atoms with Crippen LogP contribution in [0, 0.1) is 0 Å². The number of esters is 3. The summed E-state index contributed by atoms with van der Waals surface area (Å²) in [5.41, 5.74) is 0. The molecule has 6 heteroatoms. The van der Waals surface area contributed by atoms with E-state index in [2.05, 4.69) is 167 Å². The van der Waals surface area contributed by atoms with Gasteiger partial charge in [0, 0.05) is 19.3 Å². The Labute approximate surface area is 436 Å². The molecule has 0 aromatic heterocycles. The predicted molar refractivity (Wildman–Crippen MR) is 306 cm³/mol. The molecule has 0 radical (unpaired) electrons. The summed E-state index contributed by atoms with van der Waals surface area (Å²) in [6, 6.07) is 0. The summed E-state index contributed by atoms with van der Waals surface area (Å²) < 4.78 is 16.7. The molecule has 0 N–H and O–H groups in total. The zero-order valence-corrected chi connectivity index (χ0v) is 45.4. The van der Waals surface area contributed by atoms with E-state index in [1.807, 2.05) is 0 Å². The molecule has 0 bridgehead atoms. The fourth-order valence-corrected chi connectivity index (χ4v) is 7.16. The van der Waals surface area contributed by atoms with Crippen molar-refractivity contribution in [2.45, 2.75) is 232 Å². The summed E-state index contributed by atoms with van der Waals surface area (Å²) in [5, 5.41) is 0. The maximum atomic E-state index is 12.8. The summed E-state index contributed by atoms with van der Waals surface area (Å²) in [5.74, 6) is -1.02. The lowest BCUT2D eigenvalue weighted by molar-refractivity contribution is -0.167. The van der Waals surface area contributed by atoms with Crippen LogP contribution in [0.25, 0.3) is 0 Å². The molecule has 0 aliphatic heterocycles. The number of carbonyl (C=O) groups excluding carboxylic acids is 3. The van der Waals surface area contributed by atoms with Crippen LogP contribution < -0.4 is 0 Å². The minimum absolute atomic E-state index is 0.116. The van der Waals surface area contributed by atoms with Gasteiger partial charge in [0.05, 0.1) is 0 Å². The highest BCUT2D eigenvalue weighted by atomic mass is 16.6. The molecule has 0 aromatic carbocycles. The molecule has 0 heterocycles. The maximum Gasteiger partial charge on any atom is 0.306 e. The first-order chi connectivity index (χ1) is 35.0. The lowest BCUT2D eigenvalue weighted by Gasteiger charge is -2.18. The Bertz CT molecular complexity index is 1590. The first-order valence-electron chi connectivity index (χ1n) is 28.3. The first kappa shape index (κ1) is 66.3. The molecule has 0 aliphatic carbocycles. The third-order valence-electron chi connectivity index (χ3n) is 11.3. The minimum Gasteiger partial charge on any atom is -0.462 e. The highest BCUT2D eigenvalue weighted by Gasteiger charge is 2.19. The number of ether oxygens (including phenoxy) is 3. The van der Waals surface area contributed by atoms with Gasteiger partial charge in [0.1, 0.15) is 13.2 Å². The average molecular weight is 980 g/mol. The molecular weight excluding hydrogens is 877 g/mol. The van der Waals surface area contributed by atoms with Crippen molar-refractivity contribution in [3.63, 3.8) is 0 Å². The van der Waals surface area contributed by atoms with Gasteiger partial charge in [0.15, 0.2) is 6.10 Å². The van der Waals surface area contributed by atoms with Gasteiger partial charge in [-0.3, -0.25) is 14.4 Å². The van der Waals surface area contributed by atoms with E-state index in [1.165, 1.54) is 51.4 Å². The molecule has 0 fully saturated rings. The van der Waals surface area contributed by atoms with Crippen LogP contribution in [0.15, 0.2) is 146 Å². The zero-order valence-electron chi connectivity index (χ0n) is 45.4. The normalized spacial score (nSPS) is 13.2. The molecule has 0 aliphatic rings. The molecule has 0 amide bonds. The minimum atomic E-state index is -0.826. The molecule has 0 saturated heterocycles. The number of carbonyl (C=O) groups is 3. The Morgan fingerprint density at radius 1 is 0.296 bits per heavy atom. The molecule has 71 heavy (non-hydrogen) atoms. The Morgan fingerprint density at radius 2 is 0.563 bits per heavy atom. The second kappa shape index (κ2) is 57.9. The van der Waals surface area contributed by atoms with Crippen LogP contribution in [0.5, 0.6) is 0 Å². The molecule has 1 atom stereocenters. The summed E-state index contributed by atoms with van der Waals surface area (Å²) in [7, 11) is 0. The Morgan fingerprint density at radius 3 is 0.901 bits per heavy atom. The highest BCUT2D eigenvalue weighted by Crippen LogP contribution is 2.13. The van der Waals surface area contributed by atoms with Crippen molar-refractivity contribution in [2.24, 2.45) is 0 Å². The Balaban J connectivity index is 4.49. The van der Waals surface area contributed by atoms with Crippen LogP contribution in [0.2, 0.25) is 0 Å². The zero-order chi connectivity index (χ0) is 51.4. The van der Waals surface area contributed by atoms with Gasteiger partial charge in [-0.15, -0.1) is 0 Å². The molecule has 6 nitrogen and oxygen atoms in total. The number of unbranched alkanes of at least 4 members (excludes halogenated alkanes) is 14. The average Bonchev–Trinajstić information content (AvgIpc) is 3.37. The molecule has 398 valence electrons. The van der Waals surface area contributed by atoms with Crippen molar-refractivity contribution in [3.05, 3.63) is 146 Å². The van der Waals surface area contributed by atoms with Gasteiger partial charge in [0.2, 0.25) is 0 Å². The molecule has 0 saturated carbocycles. The van der Waals surface area contributed by atoms with Crippen LogP contribution >= 0.6 is 0 Å². The van der Waals surface area contributed by atoms with Gasteiger partial charge < -0.3 is 14.2 Å². The molecule has 1 unspecified atom stereocenters. The standard InChI is InChI=1S/C65H102O6/c1-4-7-10-13-16-19-22-24-26-28-29-30-31-32-33-34-35-37-38-40-43-46-49-52-55-58-64(67)70-61-62(60-69-63(66)57-54-51-48-45-42-21-18-15-12-9-6-3)71-65(68)59-56-53-50-47-44-41-39-36-27-25-23-20-17-14-11-8-5-2/h7-8,10-11,16-17,19-20,24-27,29-30,32-33,35,37,39-41,43,47,50,62H,4-6,9,12-15,18,21-23,28,31,34,36,38,42,44-46,48-49,51-61H2,1-3H3/b10-7-,11-8-,19-16-,20-17-,26-24-,27-25-,30-29-,33-32-,37-35-,41-39-,43-40-,50-47-. The van der Waals surface area contributed by atoms with Crippen molar-refractivity contribution >= 4 is 17.9 Å². The summed E-state index contributed by atoms with van der Waals surface area (Å²) in [6.45, 7) is 6.31. The Hall–Kier alpha value is -4.71. The highest BCUT2D eigenvalue weighted by molar-refractivity contribution is 5.71. The molecule has 0 rings (SSSR count). The third kappa shape index (κ3) is 56.1. The van der Waals surface area contributed by atoms with Crippen molar-refractivity contribution in [3.8, 4) is 0 Å². The van der Waals surface area contributed by atoms with Crippen LogP contribution in [0.4, 0.5) is 0 Å². The van der Waals surface area contributed by atoms with Gasteiger partial charge in [-0.2, -0.15) is 0 Å². The fraction of sp³-hybridized carbons (Fsp3) is 0.585. The van der Waals surface area contributed by atoms with E-state index in [-0.39, 0.29) is 37.5 Å². The van der Waals surface area contributed by atoms with Crippen molar-refractivity contribution < 1.29 is 28.6 Å². The largest absolute Gasteiger partial charge is 0.462 e. The van der Waals surface area contributed by atoms with Crippen molar-refractivity contribution in [1.29, 1.82) is 0 Å². The first-order valence-corrected chi connectivity index (χ1v) is 28.3. The van der Waals surface area contributed by atoms with E-state index in [4.69, 9.17) is 14.2 Å². The summed E-state index contributed by atoms with van der Waals surface area (Å²) in [6.07, 6.45) is 82.7. The van der Waals surface area contributed by atoms with Crippen molar-refractivity contribution in [2.75, 3.05) is 13.2 Å². The van der Waals surface area contributed by atoms with Crippen LogP contribution in [-0.4, -0.2) is 37.2 Å². The lowest BCUT2D eigenvalue weighted by Crippen LogP contribution is -2.30. The van der Waals surface area contributed by atoms with E-state index in [1.54, 1.807) is 0 Å². The molecule has 0 spiro atoms. The second-order valence-electron chi connectivity index (χ2n) is 18.1. The van der Waals surface area contributed by atoms with Crippen LogP contribution in [0.1, 0.15) is 226 Å². The number of rotatable bonds is 49. The van der Waals surface area contributed by atoms with Gasteiger partial charge >= 0.3 is 17.9 Å². The molecule has 0 aromatic rings. The number of allylic oxidation sites excluding steroid dienone is 24. The van der Waals surface area contributed by atoms with Gasteiger partial charge in [-0.25, -0.2) is 0 Å². The third-order valence-corrected chi connectivity index (χ3v) is 11.3. The van der Waals surface area contributed by atoms with Crippen LogP contribution in [-0.2, 0) is 28.6 Å². The fourth-order valence-electron chi connectivity index (χ4n) is 7.16. The maximum absolute atomic E-state index is 12.8. The van der Waals surface area contributed by atoms with E-state index in [0.29, 0.717) is 19.3 Å². The van der Waals surface area contributed by atoms with Gasteiger partial charge in [-0.1, -0.05) is 237 Å². The summed E-state index contributed by atoms with van der Waals surface area (Å²) in [4.78, 5) is 38.1. The molecular formula is C65H102O6. The second-order valence-corrected chi connectivity index (χ2v) is 18.1. The quantitative estimate of drug-likeness (QED) is 0.0262. The van der Waals surface area contributed by atoms with Crippen molar-refractivity contribution in [1.82, 2.24) is 0 Å². The van der Waals surface area contributed by atoms with E-state index in [0.717, 1.165) is 128 Å². The summed E-state index contributed by atoms with van der Waals surface area (Å²) >= 11 is 0. The topological polar surface area (TPSA) is 78.9 Å². The predicted octanol–water partition coefficient (Wildman–Crippen LogP) is 19.2. The van der Waals surface area contributed by atoms with E-state index in [9.17, 15) is 14.4 Å². The lowest BCUT2D eigenvalue weighted by atomic mass is 10.1. The van der Waals surface area contributed by atoms with E-state index >= 15 is 0 Å².